The zero-order valence-corrected chi connectivity index (χ0v) is 11.6. The second kappa shape index (κ2) is 5.67. The van der Waals surface area contributed by atoms with Crippen molar-refractivity contribution >= 4 is 21.6 Å². The van der Waals surface area contributed by atoms with Gasteiger partial charge in [-0.05, 0) is 20.3 Å². The summed E-state index contributed by atoms with van der Waals surface area (Å²) in [6, 6.07) is -0.0492. The summed E-state index contributed by atoms with van der Waals surface area (Å²) in [7, 11) is -3.28. The third kappa shape index (κ3) is 2.88. The molecule has 4 nitrogen and oxygen atoms in total. The maximum Gasteiger partial charge on any atom is 0.218 e. The molecule has 6 heteroatoms. The summed E-state index contributed by atoms with van der Waals surface area (Å²) in [6.07, 6.45) is 0.723. The first-order valence-corrected chi connectivity index (χ1v) is 7.65. The predicted octanol–water partition coefficient (Wildman–Crippen LogP) is 1.44. The molecule has 0 saturated carbocycles. The SMILES string of the molecule is CCC1COC(C)CN1S(=O)(=O)C(C)CCl. The van der Waals surface area contributed by atoms with Crippen molar-refractivity contribution in [2.75, 3.05) is 19.0 Å². The minimum absolute atomic E-state index is 0.0416. The Morgan fingerprint density at radius 2 is 2.19 bits per heavy atom. The normalized spacial score (nSPS) is 30.2. The van der Waals surface area contributed by atoms with E-state index in [0.717, 1.165) is 6.42 Å². The lowest BCUT2D eigenvalue weighted by Crippen LogP contribution is -2.53. The van der Waals surface area contributed by atoms with Gasteiger partial charge in [0.05, 0.1) is 18.0 Å². The van der Waals surface area contributed by atoms with Crippen LogP contribution < -0.4 is 0 Å². The fourth-order valence-corrected chi connectivity index (χ4v) is 3.90. The number of ether oxygens (including phenoxy) is 1. The van der Waals surface area contributed by atoms with E-state index in [2.05, 4.69) is 0 Å². The first kappa shape index (κ1) is 14.2. The number of morpholine rings is 1. The molecule has 0 radical (unpaired) electrons. The summed E-state index contributed by atoms with van der Waals surface area (Å²) in [6.45, 7) is 6.42. The van der Waals surface area contributed by atoms with Crippen LogP contribution in [0.1, 0.15) is 27.2 Å². The van der Waals surface area contributed by atoms with Gasteiger partial charge in [-0.1, -0.05) is 6.92 Å². The number of hydrogen-bond donors (Lipinski definition) is 0. The molecule has 0 N–H and O–H groups in total. The highest BCUT2D eigenvalue weighted by Gasteiger charge is 2.37. The maximum absolute atomic E-state index is 12.2. The number of nitrogens with zero attached hydrogens (tertiary/aromatic N) is 1. The summed E-state index contributed by atoms with van der Waals surface area (Å²) >= 11 is 5.65. The first-order chi connectivity index (χ1) is 7.43. The van der Waals surface area contributed by atoms with Gasteiger partial charge >= 0.3 is 0 Å². The van der Waals surface area contributed by atoms with Crippen LogP contribution in [0, 0.1) is 0 Å². The molecule has 1 fully saturated rings. The Labute approximate surface area is 103 Å². The van der Waals surface area contributed by atoms with Gasteiger partial charge in [-0.3, -0.25) is 0 Å². The van der Waals surface area contributed by atoms with E-state index in [0.29, 0.717) is 13.2 Å². The molecule has 1 saturated heterocycles. The molecule has 3 unspecified atom stereocenters. The van der Waals surface area contributed by atoms with Crippen LogP contribution in [0.4, 0.5) is 0 Å². The Morgan fingerprint density at radius 1 is 1.56 bits per heavy atom. The van der Waals surface area contributed by atoms with Crippen LogP contribution >= 0.6 is 11.6 Å². The Bertz CT molecular complexity index is 320. The lowest BCUT2D eigenvalue weighted by atomic mass is 10.2. The molecule has 3 atom stereocenters. The van der Waals surface area contributed by atoms with Crippen molar-refractivity contribution in [2.45, 2.75) is 44.6 Å². The van der Waals surface area contributed by atoms with Gasteiger partial charge in [-0.15, -0.1) is 11.6 Å². The number of sulfonamides is 1. The molecule has 0 spiro atoms. The molecule has 16 heavy (non-hydrogen) atoms. The van der Waals surface area contributed by atoms with Crippen molar-refractivity contribution in [1.29, 1.82) is 0 Å². The van der Waals surface area contributed by atoms with Crippen molar-refractivity contribution in [2.24, 2.45) is 0 Å². The number of rotatable bonds is 4. The molecule has 1 aliphatic rings. The van der Waals surface area contributed by atoms with Crippen LogP contribution in [-0.4, -0.2) is 49.2 Å². The molecule has 96 valence electrons. The van der Waals surface area contributed by atoms with Crippen LogP contribution in [-0.2, 0) is 14.8 Å². The second-order valence-corrected chi connectivity index (χ2v) is 6.90. The van der Waals surface area contributed by atoms with Crippen LogP contribution in [0.2, 0.25) is 0 Å². The zero-order valence-electron chi connectivity index (χ0n) is 10.0. The van der Waals surface area contributed by atoms with Gasteiger partial charge in [0.1, 0.15) is 0 Å². The van der Waals surface area contributed by atoms with Gasteiger partial charge in [0.15, 0.2) is 0 Å². The molecule has 0 aromatic carbocycles. The first-order valence-electron chi connectivity index (χ1n) is 5.61. The van der Waals surface area contributed by atoms with Crippen molar-refractivity contribution in [3.05, 3.63) is 0 Å². The molecular formula is C10H20ClNO3S. The van der Waals surface area contributed by atoms with E-state index in [1.165, 1.54) is 0 Å². The van der Waals surface area contributed by atoms with E-state index >= 15 is 0 Å². The Hall–Kier alpha value is 0.160. The van der Waals surface area contributed by atoms with Crippen LogP contribution in [0.3, 0.4) is 0 Å². The lowest BCUT2D eigenvalue weighted by Gasteiger charge is -2.38. The molecule has 0 aromatic heterocycles. The standard InChI is InChI=1S/C10H20ClNO3S/c1-4-10-7-15-8(2)6-12(10)16(13,14)9(3)5-11/h8-10H,4-7H2,1-3H3. The van der Waals surface area contributed by atoms with Gasteiger partial charge in [0.25, 0.3) is 0 Å². The zero-order chi connectivity index (χ0) is 12.3. The van der Waals surface area contributed by atoms with Crippen LogP contribution in [0.15, 0.2) is 0 Å². The number of alkyl halides is 1. The summed E-state index contributed by atoms with van der Waals surface area (Å²) in [4.78, 5) is 0. The van der Waals surface area contributed by atoms with Gasteiger partial charge < -0.3 is 4.74 Å². The summed E-state index contributed by atoms with van der Waals surface area (Å²) in [5.74, 6) is 0.129. The molecule has 0 bridgehead atoms. The fraction of sp³-hybridized carbons (Fsp3) is 1.00. The molecule has 1 rings (SSSR count). The third-order valence-electron chi connectivity index (χ3n) is 2.94. The van der Waals surface area contributed by atoms with Gasteiger partial charge in [-0.2, -0.15) is 4.31 Å². The summed E-state index contributed by atoms with van der Waals surface area (Å²) in [5, 5.41) is -0.534. The van der Waals surface area contributed by atoms with Crippen molar-refractivity contribution in [3.63, 3.8) is 0 Å². The van der Waals surface area contributed by atoms with Gasteiger partial charge in [-0.25, -0.2) is 8.42 Å². The van der Waals surface area contributed by atoms with E-state index < -0.39 is 15.3 Å². The van der Waals surface area contributed by atoms with E-state index in [1.54, 1.807) is 11.2 Å². The Morgan fingerprint density at radius 3 is 2.69 bits per heavy atom. The molecule has 0 aromatic rings. The average molecular weight is 270 g/mol. The highest BCUT2D eigenvalue weighted by Crippen LogP contribution is 2.21. The maximum atomic E-state index is 12.2. The number of hydrogen-bond acceptors (Lipinski definition) is 3. The van der Waals surface area contributed by atoms with Crippen molar-refractivity contribution in [3.8, 4) is 0 Å². The molecule has 0 aliphatic carbocycles. The quantitative estimate of drug-likeness (QED) is 0.726. The van der Waals surface area contributed by atoms with E-state index in [9.17, 15) is 8.42 Å². The van der Waals surface area contributed by atoms with Gasteiger partial charge in [0, 0.05) is 18.5 Å². The number of halogens is 1. The Kier molecular flexibility index (Phi) is 5.04. The molecule has 1 aliphatic heterocycles. The molecule has 1 heterocycles. The third-order valence-corrected chi connectivity index (χ3v) is 5.87. The van der Waals surface area contributed by atoms with E-state index in [-0.39, 0.29) is 18.0 Å². The van der Waals surface area contributed by atoms with Gasteiger partial charge in [0.2, 0.25) is 10.0 Å². The van der Waals surface area contributed by atoms with E-state index in [4.69, 9.17) is 16.3 Å². The fourth-order valence-electron chi connectivity index (χ4n) is 1.76. The monoisotopic (exact) mass is 269 g/mol. The highest BCUT2D eigenvalue weighted by atomic mass is 35.5. The topological polar surface area (TPSA) is 46.6 Å². The summed E-state index contributed by atoms with van der Waals surface area (Å²) < 4.78 is 31.5. The lowest BCUT2D eigenvalue weighted by molar-refractivity contribution is -0.0232. The second-order valence-electron chi connectivity index (χ2n) is 4.29. The highest BCUT2D eigenvalue weighted by molar-refractivity contribution is 7.89. The average Bonchev–Trinajstić information content (AvgIpc) is 2.27. The van der Waals surface area contributed by atoms with Crippen molar-refractivity contribution < 1.29 is 13.2 Å². The van der Waals surface area contributed by atoms with Crippen molar-refractivity contribution in [1.82, 2.24) is 4.31 Å². The summed E-state index contributed by atoms with van der Waals surface area (Å²) in [5.41, 5.74) is 0. The van der Waals surface area contributed by atoms with Crippen LogP contribution in [0.25, 0.3) is 0 Å². The molecular weight excluding hydrogens is 250 g/mol. The Balaban J connectivity index is 2.89. The predicted molar refractivity (Wildman–Crippen MR) is 65.3 cm³/mol. The van der Waals surface area contributed by atoms with Crippen LogP contribution in [0.5, 0.6) is 0 Å². The molecule has 0 amide bonds. The minimum Gasteiger partial charge on any atom is -0.375 e. The largest absolute Gasteiger partial charge is 0.375 e. The minimum atomic E-state index is -3.28. The van der Waals surface area contributed by atoms with E-state index in [1.807, 2.05) is 13.8 Å². The smallest absolute Gasteiger partial charge is 0.218 e.